The van der Waals surface area contributed by atoms with E-state index < -0.39 is 0 Å². The van der Waals surface area contributed by atoms with Gasteiger partial charge in [-0.1, -0.05) is 60.2 Å². The highest BCUT2D eigenvalue weighted by molar-refractivity contribution is 6.05. The first-order valence-electron chi connectivity index (χ1n) is 11.0. The number of rotatable bonds is 3. The van der Waals surface area contributed by atoms with Crippen LogP contribution in [0.25, 0.3) is 22.3 Å². The van der Waals surface area contributed by atoms with Crippen molar-refractivity contribution in [2.75, 3.05) is 0 Å². The van der Waals surface area contributed by atoms with Crippen LogP contribution >= 0.6 is 0 Å². The Bertz CT molecular complexity index is 1450. The topological polar surface area (TPSA) is 62.9 Å². The maximum absolute atomic E-state index is 13.2. The van der Waals surface area contributed by atoms with E-state index in [1.54, 1.807) is 6.92 Å². The SMILES string of the molecule is CC(=O)N1N=C(c2ccc3oc(-c4ccccc4)c(C)c(=O)c3c2)CC1c1ccc(C)cc1. The summed E-state index contributed by atoms with van der Waals surface area (Å²) in [6, 6.07) is 23.2. The quantitative estimate of drug-likeness (QED) is 0.409. The van der Waals surface area contributed by atoms with E-state index in [2.05, 4.69) is 5.10 Å². The average molecular weight is 437 g/mol. The summed E-state index contributed by atoms with van der Waals surface area (Å²) in [5.41, 5.74) is 5.72. The highest BCUT2D eigenvalue weighted by atomic mass is 16.3. The molecule has 1 unspecified atom stereocenters. The van der Waals surface area contributed by atoms with Crippen molar-refractivity contribution in [2.24, 2.45) is 5.10 Å². The monoisotopic (exact) mass is 436 g/mol. The van der Waals surface area contributed by atoms with Gasteiger partial charge in [-0.15, -0.1) is 0 Å². The summed E-state index contributed by atoms with van der Waals surface area (Å²) in [4.78, 5) is 25.5. The fourth-order valence-corrected chi connectivity index (χ4v) is 4.36. The molecular formula is C28H24N2O3. The lowest BCUT2D eigenvalue weighted by Crippen LogP contribution is -2.24. The van der Waals surface area contributed by atoms with Gasteiger partial charge in [-0.25, -0.2) is 5.01 Å². The first kappa shape index (κ1) is 20.9. The van der Waals surface area contributed by atoms with Crippen LogP contribution in [0.4, 0.5) is 0 Å². The minimum absolute atomic E-state index is 0.0611. The smallest absolute Gasteiger partial charge is 0.240 e. The van der Waals surface area contributed by atoms with Crippen molar-refractivity contribution >= 4 is 22.6 Å². The van der Waals surface area contributed by atoms with Crippen molar-refractivity contribution in [3.05, 3.63) is 105 Å². The maximum Gasteiger partial charge on any atom is 0.240 e. The van der Waals surface area contributed by atoms with Crippen LogP contribution in [0.1, 0.15) is 41.6 Å². The van der Waals surface area contributed by atoms with E-state index in [9.17, 15) is 9.59 Å². The van der Waals surface area contributed by atoms with Gasteiger partial charge in [0.1, 0.15) is 11.3 Å². The van der Waals surface area contributed by atoms with Gasteiger partial charge < -0.3 is 4.42 Å². The van der Waals surface area contributed by atoms with E-state index in [-0.39, 0.29) is 17.4 Å². The van der Waals surface area contributed by atoms with E-state index in [0.29, 0.717) is 28.7 Å². The molecule has 5 rings (SSSR count). The minimum Gasteiger partial charge on any atom is -0.456 e. The third kappa shape index (κ3) is 3.76. The molecule has 0 fully saturated rings. The summed E-state index contributed by atoms with van der Waals surface area (Å²) < 4.78 is 6.13. The molecule has 0 N–H and O–H groups in total. The number of hydrazone groups is 1. The molecule has 0 bridgehead atoms. The van der Waals surface area contributed by atoms with Gasteiger partial charge in [-0.05, 0) is 43.2 Å². The highest BCUT2D eigenvalue weighted by Gasteiger charge is 2.31. The molecule has 2 heterocycles. The second-order valence-corrected chi connectivity index (χ2v) is 8.50. The fraction of sp³-hybridized carbons (Fsp3) is 0.179. The number of benzene rings is 3. The molecule has 1 aromatic heterocycles. The average Bonchev–Trinajstić information content (AvgIpc) is 3.28. The molecule has 1 atom stereocenters. The van der Waals surface area contributed by atoms with E-state index in [1.165, 1.54) is 17.5 Å². The molecule has 1 aliphatic rings. The number of carbonyl (C=O) groups is 1. The van der Waals surface area contributed by atoms with Crippen LogP contribution in [0.2, 0.25) is 0 Å². The van der Waals surface area contributed by atoms with Gasteiger partial charge >= 0.3 is 0 Å². The van der Waals surface area contributed by atoms with Crippen molar-refractivity contribution in [3.63, 3.8) is 0 Å². The molecule has 4 aromatic rings. The van der Waals surface area contributed by atoms with Gasteiger partial charge in [0.2, 0.25) is 5.91 Å². The maximum atomic E-state index is 13.2. The molecular weight excluding hydrogens is 412 g/mol. The zero-order chi connectivity index (χ0) is 23.1. The third-order valence-corrected chi connectivity index (χ3v) is 6.18. The lowest BCUT2D eigenvalue weighted by Gasteiger charge is -2.20. The van der Waals surface area contributed by atoms with Crippen LogP contribution in [-0.4, -0.2) is 16.6 Å². The number of hydrogen-bond acceptors (Lipinski definition) is 4. The Morgan fingerprint density at radius 1 is 0.970 bits per heavy atom. The van der Waals surface area contributed by atoms with Crippen molar-refractivity contribution in [3.8, 4) is 11.3 Å². The molecule has 1 aliphatic heterocycles. The second-order valence-electron chi connectivity index (χ2n) is 8.50. The molecule has 0 radical (unpaired) electrons. The Hall–Kier alpha value is -3.99. The third-order valence-electron chi connectivity index (χ3n) is 6.18. The highest BCUT2D eigenvalue weighted by Crippen LogP contribution is 2.34. The molecule has 0 aliphatic carbocycles. The number of carbonyl (C=O) groups excluding carboxylic acids is 1. The summed E-state index contributed by atoms with van der Waals surface area (Å²) in [6.07, 6.45) is 0.584. The molecule has 1 amide bonds. The van der Waals surface area contributed by atoms with E-state index in [4.69, 9.17) is 4.42 Å². The van der Waals surface area contributed by atoms with Gasteiger partial charge in [-0.2, -0.15) is 5.10 Å². The largest absolute Gasteiger partial charge is 0.456 e. The molecule has 0 saturated carbocycles. The van der Waals surface area contributed by atoms with Gasteiger partial charge in [-0.3, -0.25) is 9.59 Å². The van der Waals surface area contributed by atoms with Gasteiger partial charge in [0.15, 0.2) is 5.43 Å². The van der Waals surface area contributed by atoms with Crippen LogP contribution in [0.15, 0.2) is 87.1 Å². The summed E-state index contributed by atoms with van der Waals surface area (Å²) in [5, 5.41) is 6.68. The Morgan fingerprint density at radius 3 is 2.39 bits per heavy atom. The Balaban J connectivity index is 1.55. The normalized spacial score (nSPS) is 15.7. The van der Waals surface area contributed by atoms with Crippen molar-refractivity contribution in [1.29, 1.82) is 0 Å². The predicted octanol–water partition coefficient (Wildman–Crippen LogP) is 5.77. The van der Waals surface area contributed by atoms with Gasteiger partial charge in [0.25, 0.3) is 0 Å². The molecule has 164 valence electrons. The zero-order valence-electron chi connectivity index (χ0n) is 18.8. The summed E-state index contributed by atoms with van der Waals surface area (Å²) in [6.45, 7) is 5.35. The number of nitrogens with zero attached hydrogens (tertiary/aromatic N) is 2. The second kappa shape index (κ2) is 8.17. The standard InChI is InChI=1S/C28H24N2O3/c1-17-9-11-20(12-10-17)25-16-24(29-30(25)19(3)31)22-13-14-26-23(15-22)27(32)18(2)28(33-26)21-7-5-4-6-8-21/h4-15,25H,16H2,1-3H3. The lowest BCUT2D eigenvalue weighted by molar-refractivity contribution is -0.130. The Labute approximate surface area is 192 Å². The number of aryl methyl sites for hydroxylation is 1. The molecule has 3 aromatic carbocycles. The first-order chi connectivity index (χ1) is 15.9. The van der Waals surface area contributed by atoms with E-state index in [0.717, 1.165) is 22.4 Å². The Kier molecular flexibility index (Phi) is 5.17. The summed E-state index contributed by atoms with van der Waals surface area (Å²) in [5.74, 6) is 0.473. The first-order valence-corrected chi connectivity index (χ1v) is 11.0. The van der Waals surface area contributed by atoms with Crippen LogP contribution in [-0.2, 0) is 4.79 Å². The predicted molar refractivity (Wildman–Crippen MR) is 130 cm³/mol. The fourth-order valence-electron chi connectivity index (χ4n) is 4.36. The van der Waals surface area contributed by atoms with Gasteiger partial charge in [0, 0.05) is 24.5 Å². The van der Waals surface area contributed by atoms with E-state index >= 15 is 0 Å². The molecule has 33 heavy (non-hydrogen) atoms. The molecule has 0 spiro atoms. The number of amides is 1. The molecule has 0 saturated heterocycles. The van der Waals surface area contributed by atoms with Crippen molar-refractivity contribution in [2.45, 2.75) is 33.2 Å². The zero-order valence-corrected chi connectivity index (χ0v) is 18.8. The van der Waals surface area contributed by atoms with Crippen molar-refractivity contribution < 1.29 is 9.21 Å². The van der Waals surface area contributed by atoms with Crippen LogP contribution in [0, 0.1) is 13.8 Å². The molecule has 5 nitrogen and oxygen atoms in total. The number of hydrogen-bond donors (Lipinski definition) is 0. The summed E-state index contributed by atoms with van der Waals surface area (Å²) >= 11 is 0. The van der Waals surface area contributed by atoms with Crippen LogP contribution in [0.5, 0.6) is 0 Å². The lowest BCUT2D eigenvalue weighted by atomic mass is 9.96. The Morgan fingerprint density at radius 2 is 1.70 bits per heavy atom. The minimum atomic E-state index is -0.160. The van der Waals surface area contributed by atoms with E-state index in [1.807, 2.05) is 79.7 Å². The number of fused-ring (bicyclic) bond motifs is 1. The van der Waals surface area contributed by atoms with Crippen molar-refractivity contribution in [1.82, 2.24) is 5.01 Å². The summed E-state index contributed by atoms with van der Waals surface area (Å²) in [7, 11) is 0. The molecule has 5 heteroatoms. The van der Waals surface area contributed by atoms with Crippen LogP contribution < -0.4 is 5.43 Å². The van der Waals surface area contributed by atoms with Gasteiger partial charge in [0.05, 0.1) is 17.1 Å². The van der Waals surface area contributed by atoms with Crippen LogP contribution in [0.3, 0.4) is 0 Å².